The minimum atomic E-state index is 0.577. The van der Waals surface area contributed by atoms with Crippen LogP contribution in [0.15, 0.2) is 97.7 Å². The quantitative estimate of drug-likeness (QED) is 0.413. The molecular weight excluding hydrogens is 384 g/mol. The number of benzene rings is 2. The molecule has 0 atom stereocenters. The van der Waals surface area contributed by atoms with Crippen LogP contribution in [0.5, 0.6) is 0 Å². The van der Waals surface area contributed by atoms with E-state index in [0.717, 1.165) is 33.8 Å². The summed E-state index contributed by atoms with van der Waals surface area (Å²) in [5, 5.41) is 9.16. The van der Waals surface area contributed by atoms with E-state index in [1.807, 2.05) is 83.8 Å². The van der Waals surface area contributed by atoms with Crippen LogP contribution < -0.4 is 4.90 Å². The number of anilines is 2. The molecule has 0 N–H and O–H groups in total. The van der Waals surface area contributed by atoms with Crippen molar-refractivity contribution in [1.29, 1.82) is 5.26 Å². The summed E-state index contributed by atoms with van der Waals surface area (Å²) in [6, 6.07) is 25.7. The Morgan fingerprint density at radius 3 is 2.48 bits per heavy atom. The number of hydrogen-bond donors (Lipinski definition) is 0. The van der Waals surface area contributed by atoms with Crippen LogP contribution in [0, 0.1) is 11.3 Å². The molecule has 0 aliphatic carbocycles. The van der Waals surface area contributed by atoms with E-state index in [-0.39, 0.29) is 0 Å². The van der Waals surface area contributed by atoms with Gasteiger partial charge >= 0.3 is 0 Å². The van der Waals surface area contributed by atoms with Crippen molar-refractivity contribution in [1.82, 2.24) is 19.5 Å². The summed E-state index contributed by atoms with van der Waals surface area (Å²) in [5.41, 5.74) is 5.53. The summed E-state index contributed by atoms with van der Waals surface area (Å²) in [6.45, 7) is 0.577. The van der Waals surface area contributed by atoms with Gasteiger partial charge in [-0.2, -0.15) is 5.26 Å². The summed E-state index contributed by atoms with van der Waals surface area (Å²) in [5.74, 6) is 0.832. The first-order chi connectivity index (χ1) is 15.3. The smallest absolute Gasteiger partial charge is 0.143 e. The molecule has 0 radical (unpaired) electrons. The highest BCUT2D eigenvalue weighted by Gasteiger charge is 2.16. The van der Waals surface area contributed by atoms with Gasteiger partial charge in [-0.3, -0.25) is 9.55 Å². The second-order valence-corrected chi connectivity index (χ2v) is 7.05. The largest absolute Gasteiger partial charge is 0.336 e. The molecule has 0 spiro atoms. The fraction of sp³-hybridized carbons (Fsp3) is 0.0400. The molecule has 0 fully saturated rings. The minimum absolute atomic E-state index is 0.577. The first-order valence-corrected chi connectivity index (χ1v) is 9.87. The van der Waals surface area contributed by atoms with Gasteiger partial charge in [-0.05, 0) is 54.6 Å². The molecule has 5 rings (SSSR count). The zero-order valence-electron chi connectivity index (χ0n) is 16.6. The van der Waals surface area contributed by atoms with E-state index in [9.17, 15) is 0 Å². The number of pyridine rings is 2. The molecule has 2 aromatic carbocycles. The summed E-state index contributed by atoms with van der Waals surface area (Å²) in [7, 11) is 0. The van der Waals surface area contributed by atoms with E-state index in [4.69, 9.17) is 5.26 Å². The van der Waals surface area contributed by atoms with Gasteiger partial charge in [-0.25, -0.2) is 9.97 Å². The van der Waals surface area contributed by atoms with Crippen molar-refractivity contribution < 1.29 is 0 Å². The van der Waals surface area contributed by atoms with E-state index in [2.05, 4.69) is 32.0 Å². The van der Waals surface area contributed by atoms with Crippen molar-refractivity contribution in [2.24, 2.45) is 0 Å². The molecule has 0 saturated heterocycles. The lowest BCUT2D eigenvalue weighted by Crippen LogP contribution is -2.18. The fourth-order valence-corrected chi connectivity index (χ4v) is 3.63. The summed E-state index contributed by atoms with van der Waals surface area (Å²) >= 11 is 0. The predicted octanol–water partition coefficient (Wildman–Crippen LogP) is 5.03. The molecule has 3 aromatic heterocycles. The lowest BCUT2D eigenvalue weighted by Gasteiger charge is -2.26. The number of nitrogens with zero attached hydrogens (tertiary/aromatic N) is 6. The number of hydrogen-bond acceptors (Lipinski definition) is 5. The van der Waals surface area contributed by atoms with Crippen molar-refractivity contribution in [2.45, 2.75) is 6.54 Å². The Bertz CT molecular complexity index is 1370. The van der Waals surface area contributed by atoms with Gasteiger partial charge in [0.25, 0.3) is 0 Å². The second-order valence-electron chi connectivity index (χ2n) is 7.05. The first-order valence-electron chi connectivity index (χ1n) is 9.87. The molecule has 0 amide bonds. The van der Waals surface area contributed by atoms with Crippen molar-refractivity contribution in [2.75, 3.05) is 4.90 Å². The van der Waals surface area contributed by atoms with Gasteiger partial charge in [-0.1, -0.05) is 18.2 Å². The van der Waals surface area contributed by atoms with Gasteiger partial charge in [0.2, 0.25) is 0 Å². The number of rotatable bonds is 5. The zero-order valence-corrected chi connectivity index (χ0v) is 16.6. The van der Waals surface area contributed by atoms with Crippen LogP contribution in [0.3, 0.4) is 0 Å². The average Bonchev–Trinajstić information content (AvgIpc) is 3.27. The Kier molecular flexibility index (Phi) is 4.83. The minimum Gasteiger partial charge on any atom is -0.336 e. The topological polar surface area (TPSA) is 70.6 Å². The maximum absolute atomic E-state index is 9.16. The Morgan fingerprint density at radius 1 is 0.839 bits per heavy atom. The molecule has 31 heavy (non-hydrogen) atoms. The van der Waals surface area contributed by atoms with E-state index in [1.165, 1.54) is 0 Å². The van der Waals surface area contributed by atoms with Crippen LogP contribution in [-0.4, -0.2) is 19.5 Å². The van der Waals surface area contributed by atoms with Crippen LogP contribution in [0.25, 0.3) is 16.9 Å². The molecule has 3 heterocycles. The maximum Gasteiger partial charge on any atom is 0.143 e. The van der Waals surface area contributed by atoms with Gasteiger partial charge in [-0.15, -0.1) is 0 Å². The molecule has 5 aromatic rings. The van der Waals surface area contributed by atoms with Crippen LogP contribution in [0.4, 0.5) is 11.4 Å². The zero-order chi connectivity index (χ0) is 21.0. The molecular formula is C25H18N6. The number of aromatic nitrogens is 4. The van der Waals surface area contributed by atoms with E-state index in [1.54, 1.807) is 12.4 Å². The number of para-hydroxylation sites is 2. The molecule has 0 aliphatic heterocycles. The average molecular weight is 402 g/mol. The first kappa shape index (κ1) is 18.5. The lowest BCUT2D eigenvalue weighted by atomic mass is 10.1. The van der Waals surface area contributed by atoms with Crippen LogP contribution in [0.1, 0.15) is 11.1 Å². The molecule has 6 nitrogen and oxygen atoms in total. The summed E-state index contributed by atoms with van der Waals surface area (Å²) in [4.78, 5) is 15.7. The van der Waals surface area contributed by atoms with Gasteiger partial charge in [0.05, 0.1) is 41.1 Å². The van der Waals surface area contributed by atoms with E-state index in [0.29, 0.717) is 12.1 Å². The highest BCUT2D eigenvalue weighted by molar-refractivity contribution is 5.77. The molecule has 0 aliphatic rings. The highest BCUT2D eigenvalue weighted by atomic mass is 15.2. The number of imidazole rings is 1. The Morgan fingerprint density at radius 2 is 1.68 bits per heavy atom. The summed E-state index contributed by atoms with van der Waals surface area (Å²) in [6.07, 6.45) is 7.20. The van der Waals surface area contributed by atoms with Crippen LogP contribution in [-0.2, 0) is 6.54 Å². The monoisotopic (exact) mass is 402 g/mol. The highest BCUT2D eigenvalue weighted by Crippen LogP contribution is 2.29. The Balaban J connectivity index is 1.60. The van der Waals surface area contributed by atoms with Gasteiger partial charge in [0.1, 0.15) is 12.1 Å². The predicted molar refractivity (Wildman–Crippen MR) is 120 cm³/mol. The van der Waals surface area contributed by atoms with Crippen LogP contribution >= 0.6 is 0 Å². The maximum atomic E-state index is 9.16. The Labute approximate surface area is 179 Å². The van der Waals surface area contributed by atoms with Gasteiger partial charge in [0, 0.05) is 23.6 Å². The van der Waals surface area contributed by atoms with E-state index < -0.39 is 0 Å². The third-order valence-corrected chi connectivity index (χ3v) is 5.14. The molecule has 148 valence electrons. The van der Waals surface area contributed by atoms with Crippen molar-refractivity contribution in [3.8, 4) is 11.9 Å². The second kappa shape index (κ2) is 8.09. The number of fused-ring (bicyclic) bond motifs is 1. The van der Waals surface area contributed by atoms with Gasteiger partial charge in [0.15, 0.2) is 0 Å². The standard InChI is InChI=1S/C25H18N6/c26-15-19-9-11-21(12-10-19)30(22-6-4-13-27-16-22)17-20-5-3-14-28-25(20)31-18-29-23-7-1-2-8-24(23)31/h1-14,16,18H,17H2. The third-order valence-electron chi connectivity index (χ3n) is 5.14. The van der Waals surface area contributed by atoms with Gasteiger partial charge < -0.3 is 4.90 Å². The van der Waals surface area contributed by atoms with Crippen molar-refractivity contribution in [3.63, 3.8) is 0 Å². The van der Waals surface area contributed by atoms with E-state index >= 15 is 0 Å². The number of nitriles is 1. The lowest BCUT2D eigenvalue weighted by molar-refractivity contribution is 0.914. The van der Waals surface area contributed by atoms with Crippen molar-refractivity contribution in [3.05, 3.63) is 109 Å². The van der Waals surface area contributed by atoms with Crippen molar-refractivity contribution >= 4 is 22.4 Å². The molecule has 6 heteroatoms. The third kappa shape index (κ3) is 3.61. The fourth-order valence-electron chi connectivity index (χ4n) is 3.63. The van der Waals surface area contributed by atoms with Crippen LogP contribution in [0.2, 0.25) is 0 Å². The Hall–Kier alpha value is -4.50. The molecule has 0 bridgehead atoms. The normalized spacial score (nSPS) is 10.7. The SMILES string of the molecule is N#Cc1ccc(N(Cc2cccnc2-n2cnc3ccccc32)c2cccnc2)cc1. The molecule has 0 saturated carbocycles. The molecule has 0 unspecified atom stereocenters. The summed E-state index contributed by atoms with van der Waals surface area (Å²) < 4.78 is 2.02.